The summed E-state index contributed by atoms with van der Waals surface area (Å²) in [5.41, 5.74) is 2.98. The lowest BCUT2D eigenvalue weighted by Gasteiger charge is -2.12. The Hall–Kier alpha value is -4.14. The lowest BCUT2D eigenvalue weighted by Crippen LogP contribution is -2.32. The van der Waals surface area contributed by atoms with Crippen LogP contribution in [0.2, 0.25) is 0 Å². The molecule has 0 saturated carbocycles. The van der Waals surface area contributed by atoms with E-state index >= 15 is 0 Å². The molecule has 1 atom stereocenters. The van der Waals surface area contributed by atoms with Gasteiger partial charge in [-0.3, -0.25) is 14.0 Å². The molecule has 0 spiro atoms. The number of rotatable bonds is 5. The Morgan fingerprint density at radius 3 is 2.45 bits per heavy atom. The van der Waals surface area contributed by atoms with Gasteiger partial charge < -0.3 is 19.8 Å². The highest BCUT2D eigenvalue weighted by Gasteiger charge is 2.25. The summed E-state index contributed by atoms with van der Waals surface area (Å²) in [6.45, 7) is 3.91. The molecule has 2 N–H and O–H groups in total. The maximum absolute atomic E-state index is 13.4. The van der Waals surface area contributed by atoms with Crippen LogP contribution in [0.5, 0.6) is 11.5 Å². The van der Waals surface area contributed by atoms with Crippen LogP contribution >= 0.6 is 0 Å². The molecule has 0 saturated heterocycles. The zero-order valence-corrected chi connectivity index (χ0v) is 18.7. The van der Waals surface area contributed by atoms with Crippen molar-refractivity contribution >= 4 is 44.7 Å². The maximum Gasteiger partial charge on any atom is 0.259 e. The molecule has 168 valence electrons. The van der Waals surface area contributed by atoms with Gasteiger partial charge in [0, 0.05) is 12.1 Å². The number of nitrogens with zero attached hydrogens (tertiary/aromatic N) is 3. The molecule has 0 fully saturated rings. The molecule has 5 rings (SSSR count). The fourth-order valence-electron chi connectivity index (χ4n) is 4.02. The van der Waals surface area contributed by atoms with E-state index in [2.05, 4.69) is 10.3 Å². The number of aromatic amines is 1. The van der Waals surface area contributed by atoms with Crippen LogP contribution in [0.1, 0.15) is 30.6 Å². The Kier molecular flexibility index (Phi) is 4.88. The summed E-state index contributed by atoms with van der Waals surface area (Å²) in [6, 6.07) is 10.7. The molecule has 0 bridgehead atoms. The predicted molar refractivity (Wildman–Crippen MR) is 126 cm³/mol. The van der Waals surface area contributed by atoms with Crippen molar-refractivity contribution in [2.75, 3.05) is 14.2 Å². The van der Waals surface area contributed by atoms with Gasteiger partial charge in [-0.05, 0) is 31.5 Å². The number of ether oxygens (including phenoxy) is 2. The smallest absolute Gasteiger partial charge is 0.259 e. The molecule has 0 aliphatic heterocycles. The standard InChI is InChI=1S/C24H23N5O4/c1-5-12(2)25-24(31)19-20-22(27-15-9-7-6-8-14(15)26-20)29-16-11-18(33-4)17(32-3)10-13(16)23(30)28-21(19)29/h6-12H,5H2,1-4H3,(H,25,31)(H,28,30)/t12-/m1/s1. The van der Waals surface area contributed by atoms with Gasteiger partial charge in [0.05, 0.1) is 36.2 Å². The number of methoxy groups -OCH3 is 2. The molecule has 1 amide bonds. The molecule has 0 aliphatic carbocycles. The van der Waals surface area contributed by atoms with E-state index in [1.807, 2.05) is 38.1 Å². The van der Waals surface area contributed by atoms with E-state index in [-0.39, 0.29) is 23.1 Å². The first kappa shape index (κ1) is 20.7. The monoisotopic (exact) mass is 445 g/mol. The molecule has 33 heavy (non-hydrogen) atoms. The fraction of sp³-hybridized carbons (Fsp3) is 0.250. The summed E-state index contributed by atoms with van der Waals surface area (Å²) < 4.78 is 12.6. The number of aromatic nitrogens is 4. The van der Waals surface area contributed by atoms with E-state index in [9.17, 15) is 9.59 Å². The molecule has 9 heteroatoms. The van der Waals surface area contributed by atoms with Crippen molar-refractivity contribution in [2.45, 2.75) is 26.3 Å². The number of amides is 1. The quantitative estimate of drug-likeness (QED) is 0.429. The molecular weight excluding hydrogens is 422 g/mol. The minimum atomic E-state index is -0.358. The van der Waals surface area contributed by atoms with E-state index in [0.29, 0.717) is 50.2 Å². The number of hydrogen-bond donors (Lipinski definition) is 2. The van der Waals surface area contributed by atoms with Crippen LogP contribution in [0.4, 0.5) is 0 Å². The second-order valence-corrected chi connectivity index (χ2v) is 7.90. The topological polar surface area (TPSA) is 111 Å². The van der Waals surface area contributed by atoms with Crippen LogP contribution < -0.4 is 20.3 Å². The third-order valence-electron chi connectivity index (χ3n) is 5.90. The van der Waals surface area contributed by atoms with Gasteiger partial charge in [-0.15, -0.1) is 0 Å². The van der Waals surface area contributed by atoms with E-state index < -0.39 is 0 Å². The summed E-state index contributed by atoms with van der Waals surface area (Å²) in [7, 11) is 3.04. The molecule has 0 radical (unpaired) electrons. The Bertz CT molecular complexity index is 1620. The molecule has 5 aromatic rings. The molecule has 9 nitrogen and oxygen atoms in total. The first-order chi connectivity index (χ1) is 16.0. The van der Waals surface area contributed by atoms with Gasteiger partial charge >= 0.3 is 0 Å². The summed E-state index contributed by atoms with van der Waals surface area (Å²) in [5, 5.41) is 3.36. The highest BCUT2D eigenvalue weighted by Crippen LogP contribution is 2.34. The van der Waals surface area contributed by atoms with E-state index in [0.717, 1.165) is 6.42 Å². The first-order valence-electron chi connectivity index (χ1n) is 10.7. The number of para-hydroxylation sites is 2. The summed E-state index contributed by atoms with van der Waals surface area (Å²) in [6.07, 6.45) is 0.764. The molecule has 3 aromatic heterocycles. The molecule has 2 aromatic carbocycles. The summed E-state index contributed by atoms with van der Waals surface area (Å²) in [5.74, 6) is 0.563. The predicted octanol–water partition coefficient (Wildman–Crippen LogP) is 3.42. The third-order valence-corrected chi connectivity index (χ3v) is 5.90. The van der Waals surface area contributed by atoms with Crippen molar-refractivity contribution in [3.8, 4) is 11.5 Å². The van der Waals surface area contributed by atoms with Crippen LogP contribution in [0.3, 0.4) is 0 Å². The van der Waals surface area contributed by atoms with Gasteiger partial charge in [0.25, 0.3) is 11.5 Å². The zero-order valence-electron chi connectivity index (χ0n) is 18.7. The number of benzene rings is 2. The Morgan fingerprint density at radius 1 is 1.12 bits per heavy atom. The fourth-order valence-corrected chi connectivity index (χ4v) is 4.02. The molecule has 0 unspecified atom stereocenters. The maximum atomic E-state index is 13.4. The summed E-state index contributed by atoms with van der Waals surface area (Å²) in [4.78, 5) is 38.9. The average Bonchev–Trinajstić information content (AvgIpc) is 3.14. The van der Waals surface area contributed by atoms with Crippen LogP contribution in [-0.4, -0.2) is 45.5 Å². The minimum Gasteiger partial charge on any atom is -0.493 e. The Labute approximate surface area is 188 Å². The largest absolute Gasteiger partial charge is 0.493 e. The number of hydrogen-bond acceptors (Lipinski definition) is 6. The number of nitrogens with one attached hydrogen (secondary N) is 2. The third kappa shape index (κ3) is 3.15. The van der Waals surface area contributed by atoms with Gasteiger partial charge in [0.15, 0.2) is 17.1 Å². The van der Waals surface area contributed by atoms with Gasteiger partial charge in [-0.25, -0.2) is 9.97 Å². The minimum absolute atomic E-state index is 0.0487. The van der Waals surface area contributed by atoms with Gasteiger partial charge in [0.1, 0.15) is 16.7 Å². The van der Waals surface area contributed by atoms with Crippen LogP contribution in [0, 0.1) is 0 Å². The lowest BCUT2D eigenvalue weighted by molar-refractivity contribution is 0.0942. The average molecular weight is 445 g/mol. The summed E-state index contributed by atoms with van der Waals surface area (Å²) >= 11 is 0. The lowest BCUT2D eigenvalue weighted by atomic mass is 10.2. The normalized spacial score (nSPS) is 12.5. The number of H-pyrrole nitrogens is 1. The van der Waals surface area contributed by atoms with E-state index in [1.54, 1.807) is 16.5 Å². The van der Waals surface area contributed by atoms with Crippen LogP contribution in [0.25, 0.3) is 38.7 Å². The van der Waals surface area contributed by atoms with Crippen LogP contribution in [-0.2, 0) is 0 Å². The SMILES string of the molecule is CC[C@@H](C)NC(=O)c1c2nc3ccccc3nc2n2c1[nH]c(=O)c1cc(OC)c(OC)cc12. The first-order valence-corrected chi connectivity index (χ1v) is 10.7. The molecule has 3 heterocycles. The van der Waals surface area contributed by atoms with Crippen molar-refractivity contribution in [2.24, 2.45) is 0 Å². The number of carbonyl (C=O) groups excluding carboxylic acids is 1. The highest BCUT2D eigenvalue weighted by molar-refractivity contribution is 6.13. The van der Waals surface area contributed by atoms with Crippen molar-refractivity contribution in [1.29, 1.82) is 0 Å². The van der Waals surface area contributed by atoms with Crippen molar-refractivity contribution in [3.63, 3.8) is 0 Å². The number of carbonyl (C=O) groups is 1. The van der Waals surface area contributed by atoms with E-state index in [4.69, 9.17) is 19.4 Å². The van der Waals surface area contributed by atoms with Gasteiger partial charge in [-0.2, -0.15) is 0 Å². The Morgan fingerprint density at radius 2 is 1.79 bits per heavy atom. The second-order valence-electron chi connectivity index (χ2n) is 7.90. The van der Waals surface area contributed by atoms with Crippen molar-refractivity contribution in [1.82, 2.24) is 24.7 Å². The van der Waals surface area contributed by atoms with Crippen molar-refractivity contribution < 1.29 is 14.3 Å². The van der Waals surface area contributed by atoms with Gasteiger partial charge in [0.2, 0.25) is 0 Å². The Balaban J connectivity index is 1.98. The van der Waals surface area contributed by atoms with E-state index in [1.165, 1.54) is 14.2 Å². The zero-order chi connectivity index (χ0) is 23.3. The van der Waals surface area contributed by atoms with Crippen molar-refractivity contribution in [3.05, 3.63) is 52.3 Å². The molecule has 0 aliphatic rings. The number of fused-ring (bicyclic) bond motifs is 6. The highest BCUT2D eigenvalue weighted by atomic mass is 16.5. The van der Waals surface area contributed by atoms with Gasteiger partial charge in [-0.1, -0.05) is 19.1 Å². The second kappa shape index (κ2) is 7.77. The van der Waals surface area contributed by atoms with Crippen LogP contribution in [0.15, 0.2) is 41.2 Å². The molecular formula is C24H23N5O4.